The molecule has 0 saturated carbocycles. The molecule has 138 valence electrons. The first-order valence-electron chi connectivity index (χ1n) is 7.94. The third-order valence-electron chi connectivity index (χ3n) is 3.73. The molecule has 27 heavy (non-hydrogen) atoms. The van der Waals surface area contributed by atoms with Crippen molar-refractivity contribution in [3.8, 4) is 0 Å². The highest BCUT2D eigenvalue weighted by atomic mass is 35.5. The van der Waals surface area contributed by atoms with E-state index in [0.29, 0.717) is 21.6 Å². The van der Waals surface area contributed by atoms with Gasteiger partial charge in [0.05, 0.1) is 0 Å². The molecule has 0 aliphatic carbocycles. The molecule has 5 nitrogen and oxygen atoms in total. The van der Waals surface area contributed by atoms with Crippen LogP contribution >= 0.6 is 23.4 Å². The standard InChI is InChI=1S/C19H15ClFN3O2S/c1-24-18(26)16(17(25)23-15-7-5-14(21)6-8-15)10-22-19(24)27-11-12-3-2-4-13(20)9-12/h2-10H,11H2,1H3,(H,23,25). The second-order valence-electron chi connectivity index (χ2n) is 5.70. The average molecular weight is 404 g/mol. The van der Waals surface area contributed by atoms with Crippen molar-refractivity contribution in [3.05, 3.63) is 87.0 Å². The molecule has 8 heteroatoms. The van der Waals surface area contributed by atoms with E-state index in [4.69, 9.17) is 11.6 Å². The second-order valence-corrected chi connectivity index (χ2v) is 7.08. The van der Waals surface area contributed by atoms with Gasteiger partial charge >= 0.3 is 0 Å². The highest BCUT2D eigenvalue weighted by molar-refractivity contribution is 7.98. The first kappa shape index (κ1) is 19.1. The monoisotopic (exact) mass is 403 g/mol. The van der Waals surface area contributed by atoms with E-state index in [2.05, 4.69) is 10.3 Å². The summed E-state index contributed by atoms with van der Waals surface area (Å²) in [7, 11) is 1.56. The van der Waals surface area contributed by atoms with Crippen molar-refractivity contribution in [2.45, 2.75) is 10.9 Å². The highest BCUT2D eigenvalue weighted by Gasteiger charge is 2.15. The number of aromatic nitrogens is 2. The van der Waals surface area contributed by atoms with Gasteiger partial charge in [-0.3, -0.25) is 14.2 Å². The third-order valence-corrected chi connectivity index (χ3v) is 5.08. The van der Waals surface area contributed by atoms with E-state index < -0.39 is 17.3 Å². The Balaban J connectivity index is 1.75. The van der Waals surface area contributed by atoms with Crippen LogP contribution in [-0.2, 0) is 12.8 Å². The van der Waals surface area contributed by atoms with Crippen LogP contribution in [0.5, 0.6) is 0 Å². The van der Waals surface area contributed by atoms with Crippen LogP contribution in [-0.4, -0.2) is 15.5 Å². The Morgan fingerprint density at radius 3 is 2.70 bits per heavy atom. The lowest BCUT2D eigenvalue weighted by atomic mass is 10.2. The minimum absolute atomic E-state index is 0.0890. The Hall–Kier alpha value is -2.64. The number of carbonyl (C=O) groups is 1. The van der Waals surface area contributed by atoms with Crippen LogP contribution in [0, 0.1) is 5.82 Å². The normalized spacial score (nSPS) is 10.6. The lowest BCUT2D eigenvalue weighted by Crippen LogP contribution is -2.29. The van der Waals surface area contributed by atoms with Crippen molar-refractivity contribution in [1.82, 2.24) is 9.55 Å². The minimum atomic E-state index is -0.596. The summed E-state index contributed by atoms with van der Waals surface area (Å²) in [6.07, 6.45) is 1.25. The van der Waals surface area contributed by atoms with Crippen molar-refractivity contribution >= 4 is 35.0 Å². The molecule has 0 atom stereocenters. The molecule has 3 rings (SSSR count). The van der Waals surface area contributed by atoms with Gasteiger partial charge in [0.1, 0.15) is 11.4 Å². The molecule has 0 radical (unpaired) electrons. The van der Waals surface area contributed by atoms with Crippen LogP contribution < -0.4 is 10.9 Å². The first-order valence-corrected chi connectivity index (χ1v) is 9.30. The number of hydrogen-bond acceptors (Lipinski definition) is 4. The molecule has 0 bridgehead atoms. The van der Waals surface area contributed by atoms with Crippen molar-refractivity contribution in [1.29, 1.82) is 0 Å². The number of nitrogens with zero attached hydrogens (tertiary/aromatic N) is 2. The average Bonchev–Trinajstić information content (AvgIpc) is 2.65. The van der Waals surface area contributed by atoms with Gasteiger partial charge in [0.2, 0.25) is 0 Å². The van der Waals surface area contributed by atoms with E-state index >= 15 is 0 Å². The largest absolute Gasteiger partial charge is 0.322 e. The summed E-state index contributed by atoms with van der Waals surface area (Å²) in [5.74, 6) is -0.421. The van der Waals surface area contributed by atoms with E-state index in [-0.39, 0.29) is 5.56 Å². The number of hydrogen-bond donors (Lipinski definition) is 1. The fourth-order valence-electron chi connectivity index (χ4n) is 2.33. The van der Waals surface area contributed by atoms with Gasteiger partial charge in [-0.25, -0.2) is 9.37 Å². The quantitative estimate of drug-likeness (QED) is 0.514. The number of halogens is 2. The Morgan fingerprint density at radius 2 is 2.00 bits per heavy atom. The van der Waals surface area contributed by atoms with Crippen LogP contribution in [0.1, 0.15) is 15.9 Å². The number of benzene rings is 2. The number of amides is 1. The molecular formula is C19H15ClFN3O2S. The zero-order valence-corrected chi connectivity index (χ0v) is 15.9. The molecule has 0 unspecified atom stereocenters. The molecule has 1 heterocycles. The van der Waals surface area contributed by atoms with Gasteiger partial charge in [-0.15, -0.1) is 0 Å². The number of anilines is 1. The SMILES string of the molecule is Cn1c(SCc2cccc(Cl)c2)ncc(C(=O)Nc2ccc(F)cc2)c1=O. The summed E-state index contributed by atoms with van der Waals surface area (Å²) >= 11 is 7.34. The van der Waals surface area contributed by atoms with Crippen molar-refractivity contribution in [2.24, 2.45) is 7.05 Å². The van der Waals surface area contributed by atoms with E-state index in [0.717, 1.165) is 5.56 Å². The van der Waals surface area contributed by atoms with E-state index in [9.17, 15) is 14.0 Å². The van der Waals surface area contributed by atoms with Crippen molar-refractivity contribution < 1.29 is 9.18 Å². The summed E-state index contributed by atoms with van der Waals surface area (Å²) < 4.78 is 14.3. The van der Waals surface area contributed by atoms with Gasteiger partial charge in [-0.1, -0.05) is 35.5 Å². The summed E-state index contributed by atoms with van der Waals surface area (Å²) in [6, 6.07) is 12.7. The maximum atomic E-state index is 12.9. The smallest absolute Gasteiger partial charge is 0.266 e. The van der Waals surface area contributed by atoms with Gasteiger partial charge in [-0.2, -0.15) is 0 Å². The van der Waals surface area contributed by atoms with Gasteiger partial charge in [0.15, 0.2) is 5.16 Å². The van der Waals surface area contributed by atoms with Gasteiger partial charge in [-0.05, 0) is 42.0 Å². The molecule has 0 aliphatic heterocycles. The summed E-state index contributed by atoms with van der Waals surface area (Å²) in [5.41, 5.74) is 0.842. The Kier molecular flexibility index (Phi) is 5.93. The van der Waals surface area contributed by atoms with Crippen molar-refractivity contribution in [3.63, 3.8) is 0 Å². The maximum Gasteiger partial charge on any atom is 0.266 e. The van der Waals surface area contributed by atoms with Gasteiger partial charge in [0, 0.05) is 29.7 Å². The van der Waals surface area contributed by atoms with E-state index in [1.165, 1.54) is 46.8 Å². The predicted octanol–water partition coefficient (Wildman–Crippen LogP) is 4.12. The van der Waals surface area contributed by atoms with Crippen LogP contribution in [0.25, 0.3) is 0 Å². The third kappa shape index (κ3) is 4.75. The Bertz CT molecular complexity index is 1040. The minimum Gasteiger partial charge on any atom is -0.322 e. The summed E-state index contributed by atoms with van der Waals surface area (Å²) in [6.45, 7) is 0. The molecular weight excluding hydrogens is 389 g/mol. The molecule has 2 aromatic carbocycles. The van der Waals surface area contributed by atoms with Crippen LogP contribution in [0.4, 0.5) is 10.1 Å². The molecule has 1 aromatic heterocycles. The van der Waals surface area contributed by atoms with Crippen LogP contribution in [0.2, 0.25) is 5.02 Å². The Labute approximate surface area is 164 Å². The maximum absolute atomic E-state index is 12.9. The highest BCUT2D eigenvalue weighted by Crippen LogP contribution is 2.21. The molecule has 1 N–H and O–H groups in total. The molecule has 0 saturated heterocycles. The van der Waals surface area contributed by atoms with Crippen LogP contribution in [0.3, 0.4) is 0 Å². The van der Waals surface area contributed by atoms with E-state index in [1.54, 1.807) is 13.1 Å². The predicted molar refractivity (Wildman–Crippen MR) is 105 cm³/mol. The molecule has 0 spiro atoms. The molecule has 1 amide bonds. The molecule has 3 aromatic rings. The number of thioether (sulfide) groups is 1. The second kappa shape index (κ2) is 8.37. The molecule has 0 aliphatic rings. The topological polar surface area (TPSA) is 64.0 Å². The fourth-order valence-corrected chi connectivity index (χ4v) is 3.42. The number of rotatable bonds is 5. The zero-order valence-electron chi connectivity index (χ0n) is 14.3. The van der Waals surface area contributed by atoms with Crippen molar-refractivity contribution in [2.75, 3.05) is 5.32 Å². The van der Waals surface area contributed by atoms with Gasteiger partial charge in [0.25, 0.3) is 11.5 Å². The Morgan fingerprint density at radius 1 is 1.26 bits per heavy atom. The lowest BCUT2D eigenvalue weighted by molar-refractivity contribution is 0.102. The number of carbonyl (C=O) groups excluding carboxylic acids is 1. The summed E-state index contributed by atoms with van der Waals surface area (Å²) in [4.78, 5) is 29.1. The van der Waals surface area contributed by atoms with Gasteiger partial charge < -0.3 is 5.32 Å². The molecule has 0 fully saturated rings. The fraction of sp³-hybridized carbons (Fsp3) is 0.105. The van der Waals surface area contributed by atoms with E-state index in [1.807, 2.05) is 18.2 Å². The zero-order chi connectivity index (χ0) is 19.4. The summed E-state index contributed by atoms with van der Waals surface area (Å²) in [5, 5.41) is 3.68. The van der Waals surface area contributed by atoms with Crippen LogP contribution in [0.15, 0.2) is 64.7 Å². The number of nitrogens with one attached hydrogen (secondary N) is 1. The first-order chi connectivity index (χ1) is 12.9. The lowest BCUT2D eigenvalue weighted by Gasteiger charge is -2.09.